The van der Waals surface area contributed by atoms with Crippen LogP contribution < -0.4 is 14.2 Å². The molecule has 5 heteroatoms. The molecule has 38 heavy (non-hydrogen) atoms. The van der Waals surface area contributed by atoms with Gasteiger partial charge in [-0.05, 0) is 67.3 Å². The Labute approximate surface area is 225 Å². The number of carbonyl (C=O) groups is 1. The van der Waals surface area contributed by atoms with Gasteiger partial charge < -0.3 is 19.3 Å². The highest BCUT2D eigenvalue weighted by Crippen LogP contribution is 2.53. The highest BCUT2D eigenvalue weighted by Gasteiger charge is 2.41. The van der Waals surface area contributed by atoms with Crippen LogP contribution in [0.5, 0.6) is 23.0 Å². The number of hydrogen-bond donors (Lipinski definition) is 1. The summed E-state index contributed by atoms with van der Waals surface area (Å²) in [7, 11) is 3.23. The second kappa shape index (κ2) is 10.2. The smallest absolute Gasteiger partial charge is 0.201 e. The van der Waals surface area contributed by atoms with Crippen molar-refractivity contribution >= 4 is 5.78 Å². The van der Waals surface area contributed by atoms with Gasteiger partial charge in [0.1, 0.15) is 29.6 Å². The van der Waals surface area contributed by atoms with Crippen LogP contribution in [0.2, 0.25) is 0 Å². The minimum atomic E-state index is -0.262. The van der Waals surface area contributed by atoms with Gasteiger partial charge in [-0.3, -0.25) is 4.79 Å². The summed E-state index contributed by atoms with van der Waals surface area (Å²) in [6.45, 7) is 7.15. The Bertz CT molecular complexity index is 1400. The molecule has 0 aromatic heterocycles. The van der Waals surface area contributed by atoms with Crippen molar-refractivity contribution in [1.82, 2.24) is 0 Å². The predicted molar refractivity (Wildman–Crippen MR) is 149 cm³/mol. The highest BCUT2D eigenvalue weighted by atomic mass is 16.5. The summed E-state index contributed by atoms with van der Waals surface area (Å²) >= 11 is 0. The number of ether oxygens (including phenoxy) is 3. The fraction of sp³-hybridized carbons (Fsp3) is 0.364. The number of allylic oxidation sites excluding steroid dienone is 2. The van der Waals surface area contributed by atoms with E-state index < -0.39 is 0 Å². The lowest BCUT2D eigenvalue weighted by Crippen LogP contribution is -2.26. The summed E-state index contributed by atoms with van der Waals surface area (Å²) in [6, 6.07) is 16.9. The first-order valence-corrected chi connectivity index (χ1v) is 13.3. The molecular weight excluding hydrogens is 476 g/mol. The van der Waals surface area contributed by atoms with E-state index in [1.54, 1.807) is 32.4 Å². The van der Waals surface area contributed by atoms with Crippen LogP contribution in [0.3, 0.4) is 0 Å². The quantitative estimate of drug-likeness (QED) is 0.331. The molecule has 0 bridgehead atoms. The maximum absolute atomic E-state index is 14.1. The second-order valence-corrected chi connectivity index (χ2v) is 11.0. The molecule has 198 valence electrons. The minimum absolute atomic E-state index is 0.0414. The highest BCUT2D eigenvalue weighted by molar-refractivity contribution is 6.16. The number of aromatic hydroxyl groups is 1. The number of carbonyl (C=O) groups excluding carboxylic acids is 1. The van der Waals surface area contributed by atoms with Crippen LogP contribution in [0.4, 0.5) is 0 Å². The molecule has 5 rings (SSSR count). The zero-order valence-electron chi connectivity index (χ0n) is 22.9. The van der Waals surface area contributed by atoms with Crippen LogP contribution in [0.15, 0.2) is 65.7 Å². The molecule has 0 heterocycles. The van der Waals surface area contributed by atoms with Crippen molar-refractivity contribution < 1.29 is 24.1 Å². The number of phenolic OH excluding ortho intramolecular Hbond substituents is 1. The largest absolute Gasteiger partial charge is 0.507 e. The van der Waals surface area contributed by atoms with Crippen molar-refractivity contribution in [3.63, 3.8) is 0 Å². The van der Waals surface area contributed by atoms with Gasteiger partial charge in [0.05, 0.1) is 25.3 Å². The third-order valence-electron chi connectivity index (χ3n) is 8.25. The molecule has 1 N–H and O–H groups in total. The Morgan fingerprint density at radius 1 is 0.974 bits per heavy atom. The van der Waals surface area contributed by atoms with Crippen LogP contribution in [0.1, 0.15) is 85.0 Å². The first kappa shape index (κ1) is 25.9. The molecule has 0 unspecified atom stereocenters. The summed E-state index contributed by atoms with van der Waals surface area (Å²) < 4.78 is 17.8. The summed E-state index contributed by atoms with van der Waals surface area (Å²) in [5.41, 5.74) is 6.20. The third-order valence-corrected chi connectivity index (χ3v) is 8.25. The summed E-state index contributed by atoms with van der Waals surface area (Å²) in [5, 5.41) is 11.0. The molecule has 3 aromatic carbocycles. The standard InChI is InChI=1S/C33H36O5/c1-20-10-9-15-33(2,3)25(20)18-24-23-16-22(36-4)17-28(38-19-21-11-7-6-8-12-21)30(23)32(35)31-26(34)13-14-27(37-5)29(24)31/h6-8,11-14,16-17,24,34H,9-10,15,18-19H2,1-5H3/t24-/m0/s1. The van der Waals surface area contributed by atoms with Crippen molar-refractivity contribution in [2.45, 2.75) is 59.0 Å². The molecule has 0 amide bonds. The number of ketones is 1. The average Bonchev–Trinajstić information content (AvgIpc) is 2.91. The molecule has 0 aliphatic heterocycles. The van der Waals surface area contributed by atoms with Crippen molar-refractivity contribution in [2.75, 3.05) is 14.2 Å². The molecule has 2 aliphatic carbocycles. The summed E-state index contributed by atoms with van der Waals surface area (Å²) in [5.74, 6) is 1.17. The maximum atomic E-state index is 14.1. The van der Waals surface area contributed by atoms with Gasteiger partial charge in [-0.15, -0.1) is 0 Å². The van der Waals surface area contributed by atoms with E-state index in [0.717, 1.165) is 36.0 Å². The lowest BCUT2D eigenvalue weighted by molar-refractivity contribution is 0.102. The van der Waals surface area contributed by atoms with Gasteiger partial charge in [0.25, 0.3) is 0 Å². The Morgan fingerprint density at radius 2 is 1.74 bits per heavy atom. The van der Waals surface area contributed by atoms with E-state index in [0.29, 0.717) is 35.0 Å². The van der Waals surface area contributed by atoms with E-state index in [9.17, 15) is 9.90 Å². The van der Waals surface area contributed by atoms with E-state index in [4.69, 9.17) is 14.2 Å². The van der Waals surface area contributed by atoms with Crippen LogP contribution in [0, 0.1) is 5.41 Å². The molecule has 0 saturated heterocycles. The van der Waals surface area contributed by atoms with Crippen molar-refractivity contribution in [1.29, 1.82) is 0 Å². The topological polar surface area (TPSA) is 65.0 Å². The monoisotopic (exact) mass is 512 g/mol. The molecule has 0 spiro atoms. The molecular formula is C33H36O5. The molecule has 3 aromatic rings. The SMILES string of the molecule is COc1cc(OCc2ccccc2)c2c(c1)[C@H](CC1=C(C)CCCC1(C)C)c1c(OC)ccc(O)c1C2=O. The van der Waals surface area contributed by atoms with Gasteiger partial charge in [-0.1, -0.05) is 55.3 Å². The zero-order valence-corrected chi connectivity index (χ0v) is 22.9. The summed E-state index contributed by atoms with van der Waals surface area (Å²) in [6.07, 6.45) is 4.09. The molecule has 0 saturated carbocycles. The number of fused-ring (bicyclic) bond motifs is 2. The first-order valence-electron chi connectivity index (χ1n) is 13.3. The van der Waals surface area contributed by atoms with Gasteiger partial charge in [0.15, 0.2) is 0 Å². The first-order chi connectivity index (χ1) is 18.2. The van der Waals surface area contributed by atoms with E-state index in [1.807, 2.05) is 36.4 Å². The maximum Gasteiger partial charge on any atom is 0.201 e. The number of methoxy groups -OCH3 is 2. The molecule has 1 atom stereocenters. The van der Waals surface area contributed by atoms with Crippen molar-refractivity contribution in [3.8, 4) is 23.0 Å². The van der Waals surface area contributed by atoms with Gasteiger partial charge in [0.2, 0.25) is 5.78 Å². The van der Waals surface area contributed by atoms with Crippen molar-refractivity contribution in [3.05, 3.63) is 93.6 Å². The normalized spacial score (nSPS) is 18.0. The zero-order chi connectivity index (χ0) is 27.0. The van der Waals surface area contributed by atoms with Gasteiger partial charge >= 0.3 is 0 Å². The number of rotatable bonds is 7. The van der Waals surface area contributed by atoms with E-state index >= 15 is 0 Å². The van der Waals surface area contributed by atoms with Crippen LogP contribution in [-0.2, 0) is 6.61 Å². The van der Waals surface area contributed by atoms with E-state index in [1.165, 1.54) is 17.6 Å². The predicted octanol–water partition coefficient (Wildman–Crippen LogP) is 7.58. The van der Waals surface area contributed by atoms with Crippen LogP contribution >= 0.6 is 0 Å². The average molecular weight is 513 g/mol. The van der Waals surface area contributed by atoms with Gasteiger partial charge in [-0.2, -0.15) is 0 Å². The Balaban J connectivity index is 1.71. The van der Waals surface area contributed by atoms with Crippen molar-refractivity contribution in [2.24, 2.45) is 5.41 Å². The minimum Gasteiger partial charge on any atom is -0.507 e. The number of benzene rings is 3. The van der Waals surface area contributed by atoms with E-state index in [2.05, 4.69) is 20.8 Å². The lowest BCUT2D eigenvalue weighted by Gasteiger charge is -2.38. The van der Waals surface area contributed by atoms with Gasteiger partial charge in [-0.25, -0.2) is 0 Å². The van der Waals surface area contributed by atoms with Gasteiger partial charge in [0, 0.05) is 17.5 Å². The molecule has 0 fully saturated rings. The fourth-order valence-corrected chi connectivity index (χ4v) is 6.27. The summed E-state index contributed by atoms with van der Waals surface area (Å²) in [4.78, 5) is 14.1. The molecule has 0 radical (unpaired) electrons. The number of hydrogen-bond acceptors (Lipinski definition) is 5. The van der Waals surface area contributed by atoms with Crippen LogP contribution in [0.25, 0.3) is 0 Å². The van der Waals surface area contributed by atoms with Crippen LogP contribution in [-0.4, -0.2) is 25.1 Å². The molecule has 2 aliphatic rings. The third kappa shape index (κ3) is 4.55. The fourth-order valence-electron chi connectivity index (χ4n) is 6.27. The Kier molecular flexibility index (Phi) is 6.95. The second-order valence-electron chi connectivity index (χ2n) is 11.0. The molecule has 5 nitrogen and oxygen atoms in total. The Hall–Kier alpha value is -3.73. The van der Waals surface area contributed by atoms with E-state index in [-0.39, 0.29) is 22.9 Å². The number of phenols is 1. The Morgan fingerprint density at radius 3 is 2.42 bits per heavy atom. The lowest BCUT2D eigenvalue weighted by atomic mass is 9.66.